The molecule has 2 aromatic rings. The molecule has 0 atom stereocenters. The molecule has 0 aliphatic heterocycles. The molecule has 0 fully saturated rings. The molecule has 2 heterocycles. The van der Waals surface area contributed by atoms with Crippen molar-refractivity contribution in [2.24, 2.45) is 0 Å². The van der Waals surface area contributed by atoms with Crippen LogP contribution in [0, 0.1) is 0 Å². The molecule has 1 amide bonds. The van der Waals surface area contributed by atoms with E-state index in [0.717, 1.165) is 4.90 Å². The zero-order valence-corrected chi connectivity index (χ0v) is 8.49. The number of hydrogen-bond acceptors (Lipinski definition) is 5. The van der Waals surface area contributed by atoms with Crippen LogP contribution in [0.25, 0.3) is 0 Å². The largest absolute Gasteiger partial charge is 0.452 e. The van der Waals surface area contributed by atoms with Gasteiger partial charge in [0.1, 0.15) is 12.1 Å². The molecule has 1 N–H and O–H groups in total. The van der Waals surface area contributed by atoms with E-state index < -0.39 is 6.09 Å². The summed E-state index contributed by atoms with van der Waals surface area (Å²) >= 11 is 0. The zero-order valence-electron chi connectivity index (χ0n) is 8.49. The molecule has 0 spiro atoms. The van der Waals surface area contributed by atoms with Gasteiger partial charge in [-0.25, -0.2) is 9.78 Å². The summed E-state index contributed by atoms with van der Waals surface area (Å²) in [5, 5.41) is 6.33. The van der Waals surface area contributed by atoms with Crippen molar-refractivity contribution in [2.75, 3.05) is 12.0 Å². The fraction of sp³-hybridized carbons (Fsp3) is 0.111. The first-order chi connectivity index (χ1) is 7.83. The van der Waals surface area contributed by atoms with E-state index in [2.05, 4.69) is 24.9 Å². The minimum atomic E-state index is -0.599. The maximum absolute atomic E-state index is 11.6. The number of hydrogen-bond donors (Lipinski definition) is 1. The summed E-state index contributed by atoms with van der Waals surface area (Å²) < 4.78 is 4.64. The average molecular weight is 219 g/mol. The Balaban J connectivity index is 2.40. The maximum Gasteiger partial charge on any atom is 0.422 e. The van der Waals surface area contributed by atoms with E-state index >= 15 is 0 Å². The molecule has 7 heteroatoms. The first kappa shape index (κ1) is 10.1. The molecule has 0 saturated heterocycles. The van der Waals surface area contributed by atoms with Crippen LogP contribution in [0.5, 0.6) is 0 Å². The van der Waals surface area contributed by atoms with Crippen LogP contribution in [0.1, 0.15) is 0 Å². The van der Waals surface area contributed by atoms with Gasteiger partial charge in [0.2, 0.25) is 0 Å². The van der Waals surface area contributed by atoms with Gasteiger partial charge >= 0.3 is 6.09 Å². The number of rotatable bonds is 2. The topological polar surface area (TPSA) is 84.0 Å². The summed E-state index contributed by atoms with van der Waals surface area (Å²) in [4.78, 5) is 20.7. The van der Waals surface area contributed by atoms with Crippen LogP contribution >= 0.6 is 0 Å². The molecular formula is C9H9N5O2. The second kappa shape index (κ2) is 4.39. The second-order valence-electron chi connectivity index (χ2n) is 2.79. The van der Waals surface area contributed by atoms with Crippen molar-refractivity contribution < 1.29 is 9.53 Å². The van der Waals surface area contributed by atoms with Crippen molar-refractivity contribution in [3.05, 3.63) is 30.7 Å². The van der Waals surface area contributed by atoms with E-state index in [1.54, 1.807) is 24.4 Å². The predicted molar refractivity (Wildman–Crippen MR) is 55.2 cm³/mol. The highest BCUT2D eigenvalue weighted by molar-refractivity contribution is 5.92. The van der Waals surface area contributed by atoms with Crippen molar-refractivity contribution in [1.29, 1.82) is 0 Å². The third-order valence-corrected chi connectivity index (χ3v) is 1.84. The number of nitrogens with zero attached hydrogens (tertiary/aromatic N) is 4. The third kappa shape index (κ3) is 1.83. The average Bonchev–Trinajstić information content (AvgIpc) is 2.84. The number of amides is 1. The number of pyridine rings is 1. The van der Waals surface area contributed by atoms with E-state index in [0.29, 0.717) is 5.82 Å². The van der Waals surface area contributed by atoms with Crippen LogP contribution in [0.4, 0.5) is 16.6 Å². The summed E-state index contributed by atoms with van der Waals surface area (Å²) in [6.45, 7) is 0. The number of carbonyl (C=O) groups is 1. The molecule has 0 unspecified atom stereocenters. The standard InChI is InChI=1S/C9H9N5O2/c1-16-9(15)14(8-11-6-12-13-8)7-4-2-3-5-10-7/h2-6H,1H3,(H,11,12,13). The van der Waals surface area contributed by atoms with Crippen molar-refractivity contribution in [2.45, 2.75) is 0 Å². The number of aromatic amines is 1. The molecule has 16 heavy (non-hydrogen) atoms. The highest BCUT2D eigenvalue weighted by atomic mass is 16.5. The number of nitrogens with one attached hydrogen (secondary N) is 1. The molecule has 0 bridgehead atoms. The SMILES string of the molecule is COC(=O)N(c1ccccn1)c1nc[nH]n1. The number of aromatic nitrogens is 4. The molecule has 82 valence electrons. The van der Waals surface area contributed by atoms with Gasteiger partial charge in [0.15, 0.2) is 0 Å². The normalized spacial score (nSPS) is 9.81. The summed E-state index contributed by atoms with van der Waals surface area (Å²) in [6.07, 6.45) is 2.34. The minimum absolute atomic E-state index is 0.186. The molecule has 0 aliphatic rings. The number of methoxy groups -OCH3 is 1. The zero-order chi connectivity index (χ0) is 11.4. The lowest BCUT2D eigenvalue weighted by molar-refractivity contribution is 0.181. The van der Waals surface area contributed by atoms with E-state index in [9.17, 15) is 4.79 Å². The molecule has 2 rings (SSSR count). The van der Waals surface area contributed by atoms with Crippen LogP contribution in [0.15, 0.2) is 30.7 Å². The van der Waals surface area contributed by atoms with E-state index in [-0.39, 0.29) is 5.95 Å². The Kier molecular flexibility index (Phi) is 2.77. The quantitative estimate of drug-likeness (QED) is 0.817. The van der Waals surface area contributed by atoms with Crippen molar-refractivity contribution >= 4 is 17.9 Å². The Labute approximate surface area is 91.1 Å². The summed E-state index contributed by atoms with van der Waals surface area (Å²) in [5.41, 5.74) is 0. The fourth-order valence-electron chi connectivity index (χ4n) is 1.16. The van der Waals surface area contributed by atoms with E-state index in [1.807, 2.05) is 0 Å². The smallest absolute Gasteiger partial charge is 0.422 e. The minimum Gasteiger partial charge on any atom is -0.452 e. The Hall–Kier alpha value is -2.44. The highest BCUT2D eigenvalue weighted by Crippen LogP contribution is 2.18. The molecule has 0 radical (unpaired) electrons. The maximum atomic E-state index is 11.6. The van der Waals surface area contributed by atoms with Crippen molar-refractivity contribution in [3.8, 4) is 0 Å². The van der Waals surface area contributed by atoms with Crippen LogP contribution in [-0.4, -0.2) is 33.4 Å². The van der Waals surface area contributed by atoms with Crippen LogP contribution in [-0.2, 0) is 4.74 Å². The van der Waals surface area contributed by atoms with Gasteiger partial charge in [-0.1, -0.05) is 6.07 Å². The van der Waals surface area contributed by atoms with Crippen molar-refractivity contribution in [3.63, 3.8) is 0 Å². The van der Waals surface area contributed by atoms with Gasteiger partial charge in [-0.3, -0.25) is 5.10 Å². The van der Waals surface area contributed by atoms with E-state index in [1.165, 1.54) is 13.4 Å². The third-order valence-electron chi connectivity index (χ3n) is 1.84. The van der Waals surface area contributed by atoms with Gasteiger partial charge in [0, 0.05) is 6.20 Å². The summed E-state index contributed by atoms with van der Waals surface area (Å²) in [7, 11) is 1.28. The molecule has 0 aliphatic carbocycles. The monoisotopic (exact) mass is 219 g/mol. The van der Waals surface area contributed by atoms with Gasteiger partial charge in [-0.05, 0) is 12.1 Å². The van der Waals surface area contributed by atoms with Crippen LogP contribution < -0.4 is 4.90 Å². The van der Waals surface area contributed by atoms with Crippen molar-refractivity contribution in [1.82, 2.24) is 20.2 Å². The van der Waals surface area contributed by atoms with Gasteiger partial charge in [0.25, 0.3) is 5.95 Å². The summed E-state index contributed by atoms with van der Waals surface area (Å²) in [5.74, 6) is 0.583. The molecule has 0 saturated carbocycles. The Morgan fingerprint density at radius 2 is 2.31 bits per heavy atom. The predicted octanol–water partition coefficient (Wildman–Crippen LogP) is 1.10. The second-order valence-corrected chi connectivity index (χ2v) is 2.79. The lowest BCUT2D eigenvalue weighted by atomic mass is 10.4. The highest BCUT2D eigenvalue weighted by Gasteiger charge is 2.22. The van der Waals surface area contributed by atoms with Gasteiger partial charge < -0.3 is 4.74 Å². The molecule has 2 aromatic heterocycles. The van der Waals surface area contributed by atoms with Gasteiger partial charge in [-0.2, -0.15) is 9.88 Å². The lowest BCUT2D eigenvalue weighted by Gasteiger charge is -2.15. The Morgan fingerprint density at radius 1 is 1.44 bits per heavy atom. The molecule has 0 aromatic carbocycles. The van der Waals surface area contributed by atoms with Gasteiger partial charge in [0.05, 0.1) is 7.11 Å². The molecular weight excluding hydrogens is 210 g/mol. The summed E-state index contributed by atoms with van der Waals surface area (Å²) in [6, 6.07) is 5.16. The lowest BCUT2D eigenvalue weighted by Crippen LogP contribution is -2.27. The first-order valence-electron chi connectivity index (χ1n) is 4.48. The number of anilines is 2. The van der Waals surface area contributed by atoms with Crippen LogP contribution in [0.2, 0.25) is 0 Å². The molecule has 7 nitrogen and oxygen atoms in total. The van der Waals surface area contributed by atoms with E-state index in [4.69, 9.17) is 0 Å². The van der Waals surface area contributed by atoms with Crippen LogP contribution in [0.3, 0.4) is 0 Å². The Bertz CT molecular complexity index is 456. The van der Waals surface area contributed by atoms with Gasteiger partial charge in [-0.15, -0.1) is 5.10 Å². The number of H-pyrrole nitrogens is 1. The first-order valence-corrected chi connectivity index (χ1v) is 4.48. The fourth-order valence-corrected chi connectivity index (χ4v) is 1.16. The number of ether oxygens (including phenoxy) is 1. The number of carbonyl (C=O) groups excluding carboxylic acids is 1. The Morgan fingerprint density at radius 3 is 2.88 bits per heavy atom.